The number of benzene rings is 2. The van der Waals surface area contributed by atoms with E-state index in [4.69, 9.17) is 19.6 Å². The van der Waals surface area contributed by atoms with Gasteiger partial charge in [0.05, 0.1) is 36.7 Å². The molecular weight excluding hydrogens is 417 g/mol. The Kier molecular flexibility index (Phi) is 6.27. The SMILES string of the molecule is C[C@H]1CN(c2ccc(N3CCOCC3)c(F)c2)C(=O)O1.NC(=O)c1coc2ccccc12. The first-order valence-corrected chi connectivity index (χ1v) is 10.3. The predicted molar refractivity (Wildman–Crippen MR) is 117 cm³/mol. The molecule has 0 aliphatic carbocycles. The molecule has 8 nitrogen and oxygen atoms in total. The predicted octanol–water partition coefficient (Wildman–Crippen LogP) is 3.54. The van der Waals surface area contributed by atoms with Gasteiger partial charge in [-0.25, -0.2) is 9.18 Å². The van der Waals surface area contributed by atoms with Crippen molar-refractivity contribution in [3.8, 4) is 0 Å². The lowest BCUT2D eigenvalue weighted by Gasteiger charge is -2.29. The van der Waals surface area contributed by atoms with E-state index in [-0.39, 0.29) is 11.9 Å². The van der Waals surface area contributed by atoms with Gasteiger partial charge in [-0.15, -0.1) is 0 Å². The number of furan rings is 1. The highest BCUT2D eigenvalue weighted by molar-refractivity contribution is 6.05. The van der Waals surface area contributed by atoms with Crippen molar-refractivity contribution in [3.63, 3.8) is 0 Å². The number of anilines is 2. The molecule has 2 saturated heterocycles. The number of halogens is 1. The normalized spacial score (nSPS) is 18.3. The van der Waals surface area contributed by atoms with Crippen LogP contribution in [0.1, 0.15) is 17.3 Å². The summed E-state index contributed by atoms with van der Waals surface area (Å²) in [6.45, 7) is 4.85. The molecule has 1 atom stereocenters. The number of primary amides is 1. The van der Waals surface area contributed by atoms with Crippen LogP contribution in [0.4, 0.5) is 20.6 Å². The van der Waals surface area contributed by atoms with Gasteiger partial charge < -0.3 is 24.5 Å². The monoisotopic (exact) mass is 441 g/mol. The number of para-hydroxylation sites is 1. The molecule has 3 heterocycles. The Labute approximate surface area is 184 Å². The number of amides is 2. The fourth-order valence-corrected chi connectivity index (χ4v) is 3.71. The van der Waals surface area contributed by atoms with E-state index >= 15 is 0 Å². The maximum atomic E-state index is 14.3. The molecule has 2 aliphatic rings. The van der Waals surface area contributed by atoms with E-state index in [1.54, 1.807) is 24.3 Å². The minimum atomic E-state index is -0.458. The van der Waals surface area contributed by atoms with Gasteiger partial charge in [0.1, 0.15) is 23.8 Å². The van der Waals surface area contributed by atoms with Gasteiger partial charge in [-0.2, -0.15) is 0 Å². The maximum Gasteiger partial charge on any atom is 0.414 e. The third-order valence-corrected chi connectivity index (χ3v) is 5.30. The number of cyclic esters (lactones) is 1. The summed E-state index contributed by atoms with van der Waals surface area (Å²) in [5, 5.41) is 0.769. The van der Waals surface area contributed by atoms with E-state index in [0.29, 0.717) is 55.4 Å². The molecule has 168 valence electrons. The van der Waals surface area contributed by atoms with Crippen molar-refractivity contribution in [3.05, 3.63) is 60.1 Å². The first-order chi connectivity index (χ1) is 15.4. The molecular formula is C23H24FN3O5. The van der Waals surface area contributed by atoms with Crippen LogP contribution in [0.3, 0.4) is 0 Å². The third kappa shape index (κ3) is 4.52. The van der Waals surface area contributed by atoms with Gasteiger partial charge in [0.15, 0.2) is 0 Å². The Morgan fingerprint density at radius 1 is 1.16 bits per heavy atom. The fraction of sp³-hybridized carbons (Fsp3) is 0.304. The van der Waals surface area contributed by atoms with Crippen LogP contribution in [0, 0.1) is 5.82 Å². The van der Waals surface area contributed by atoms with E-state index in [9.17, 15) is 14.0 Å². The number of nitrogens with zero attached hydrogens (tertiary/aromatic N) is 2. The maximum absolute atomic E-state index is 14.3. The molecule has 3 aromatic rings. The Balaban J connectivity index is 0.000000174. The zero-order chi connectivity index (χ0) is 22.7. The van der Waals surface area contributed by atoms with Crippen molar-refractivity contribution in [2.24, 2.45) is 5.73 Å². The molecule has 2 amide bonds. The van der Waals surface area contributed by atoms with E-state index in [0.717, 1.165) is 5.39 Å². The van der Waals surface area contributed by atoms with Crippen molar-refractivity contribution in [2.45, 2.75) is 13.0 Å². The number of rotatable bonds is 3. The Bertz CT molecular complexity index is 1130. The smallest absolute Gasteiger partial charge is 0.414 e. The molecule has 32 heavy (non-hydrogen) atoms. The second-order valence-electron chi connectivity index (χ2n) is 7.55. The van der Waals surface area contributed by atoms with Crippen LogP contribution in [-0.4, -0.2) is 51.0 Å². The average molecular weight is 441 g/mol. The molecule has 2 aliphatic heterocycles. The van der Waals surface area contributed by atoms with Crippen LogP contribution in [0.25, 0.3) is 11.0 Å². The highest BCUT2D eigenvalue weighted by Gasteiger charge is 2.30. The zero-order valence-corrected chi connectivity index (χ0v) is 17.6. The number of hydrogen-bond donors (Lipinski definition) is 1. The molecule has 2 fully saturated rings. The standard InChI is InChI=1S/C14H17FN2O3.C9H7NO2/c1-10-9-17(14(18)20-10)11-2-3-13(12(15)8-11)16-4-6-19-7-5-16;10-9(11)7-5-12-8-4-2-1-3-6(7)8/h2-3,8,10H,4-7,9H2,1H3;1-5H,(H2,10,11)/t10-;/m0./s1. The number of hydrogen-bond acceptors (Lipinski definition) is 6. The minimum absolute atomic E-state index is 0.163. The van der Waals surface area contributed by atoms with Gasteiger partial charge in [-0.05, 0) is 31.2 Å². The number of nitrogens with two attached hydrogens (primary N) is 1. The van der Waals surface area contributed by atoms with Crippen LogP contribution >= 0.6 is 0 Å². The summed E-state index contributed by atoms with van der Waals surface area (Å²) in [6, 6.07) is 12.1. The molecule has 0 bridgehead atoms. The fourth-order valence-electron chi connectivity index (χ4n) is 3.71. The molecule has 2 aromatic carbocycles. The number of carbonyl (C=O) groups is 2. The second kappa shape index (κ2) is 9.27. The van der Waals surface area contributed by atoms with Crippen LogP contribution in [0.2, 0.25) is 0 Å². The summed E-state index contributed by atoms with van der Waals surface area (Å²) in [7, 11) is 0. The summed E-state index contributed by atoms with van der Waals surface area (Å²) < 4.78 is 29.7. The highest BCUT2D eigenvalue weighted by atomic mass is 19.1. The molecule has 0 unspecified atom stereocenters. The van der Waals surface area contributed by atoms with Crippen molar-refractivity contribution in [1.82, 2.24) is 0 Å². The largest absolute Gasteiger partial charge is 0.463 e. The lowest BCUT2D eigenvalue weighted by Crippen LogP contribution is -2.36. The number of carbonyl (C=O) groups excluding carboxylic acids is 2. The second-order valence-corrected chi connectivity index (χ2v) is 7.55. The molecule has 0 saturated carbocycles. The summed E-state index contributed by atoms with van der Waals surface area (Å²) in [6.07, 6.45) is 0.799. The molecule has 9 heteroatoms. The van der Waals surface area contributed by atoms with Gasteiger partial charge in [0.2, 0.25) is 0 Å². The average Bonchev–Trinajstić information content (AvgIpc) is 3.37. The molecule has 2 N–H and O–H groups in total. The summed E-state index contributed by atoms with van der Waals surface area (Å²) in [5.41, 5.74) is 7.34. The van der Waals surface area contributed by atoms with Crippen molar-refractivity contribution >= 4 is 34.3 Å². The molecule has 1 aromatic heterocycles. The van der Waals surface area contributed by atoms with Crippen molar-refractivity contribution in [2.75, 3.05) is 42.6 Å². The number of fused-ring (bicyclic) bond motifs is 1. The summed E-state index contributed by atoms with van der Waals surface area (Å²) in [4.78, 5) is 25.9. The Morgan fingerprint density at radius 2 is 1.91 bits per heavy atom. The van der Waals surface area contributed by atoms with Crippen molar-refractivity contribution < 1.29 is 27.9 Å². The summed E-state index contributed by atoms with van der Waals surface area (Å²) >= 11 is 0. The molecule has 0 radical (unpaired) electrons. The van der Waals surface area contributed by atoms with E-state index in [1.807, 2.05) is 24.0 Å². The highest BCUT2D eigenvalue weighted by Crippen LogP contribution is 2.28. The van der Waals surface area contributed by atoms with Crippen LogP contribution in [0.5, 0.6) is 0 Å². The quantitative estimate of drug-likeness (QED) is 0.668. The lowest BCUT2D eigenvalue weighted by atomic mass is 10.2. The minimum Gasteiger partial charge on any atom is -0.463 e. The van der Waals surface area contributed by atoms with E-state index in [2.05, 4.69) is 0 Å². The molecule has 0 spiro atoms. The number of ether oxygens (including phenoxy) is 2. The topological polar surface area (TPSA) is 98.2 Å². The van der Waals surface area contributed by atoms with Gasteiger partial charge in [0.25, 0.3) is 5.91 Å². The Morgan fingerprint density at radius 3 is 2.56 bits per heavy atom. The van der Waals surface area contributed by atoms with Crippen LogP contribution < -0.4 is 15.5 Å². The number of morpholine rings is 1. The van der Waals surface area contributed by atoms with Gasteiger partial charge in [0, 0.05) is 18.5 Å². The van der Waals surface area contributed by atoms with Crippen LogP contribution in [-0.2, 0) is 9.47 Å². The molecule has 5 rings (SSSR count). The first-order valence-electron chi connectivity index (χ1n) is 10.3. The zero-order valence-electron chi connectivity index (χ0n) is 17.6. The van der Waals surface area contributed by atoms with Gasteiger partial charge in [-0.1, -0.05) is 18.2 Å². The van der Waals surface area contributed by atoms with Crippen molar-refractivity contribution in [1.29, 1.82) is 0 Å². The van der Waals surface area contributed by atoms with E-state index < -0.39 is 12.0 Å². The van der Waals surface area contributed by atoms with E-state index in [1.165, 1.54) is 17.2 Å². The third-order valence-electron chi connectivity index (χ3n) is 5.30. The van der Waals surface area contributed by atoms with Gasteiger partial charge >= 0.3 is 6.09 Å². The first kappa shape index (κ1) is 21.6. The van der Waals surface area contributed by atoms with Gasteiger partial charge in [-0.3, -0.25) is 9.69 Å². The lowest BCUT2D eigenvalue weighted by molar-refractivity contribution is 0.100. The van der Waals surface area contributed by atoms with Crippen LogP contribution in [0.15, 0.2) is 53.1 Å². The summed E-state index contributed by atoms with van der Waals surface area (Å²) in [5.74, 6) is -0.781. The Hall–Kier alpha value is -3.59.